The van der Waals surface area contributed by atoms with Crippen LogP contribution in [-0.2, 0) is 11.3 Å². The number of carbonyl (C=O) groups excluding carboxylic acids is 2. The Morgan fingerprint density at radius 3 is 2.88 bits per heavy atom. The zero-order chi connectivity index (χ0) is 18.7. The quantitative estimate of drug-likeness (QED) is 0.863. The highest BCUT2D eigenvalue weighted by Crippen LogP contribution is 2.20. The molecule has 1 aromatic carbocycles. The van der Waals surface area contributed by atoms with Crippen LogP contribution in [-0.4, -0.2) is 34.2 Å². The Morgan fingerprint density at radius 2 is 2.12 bits per heavy atom. The van der Waals surface area contributed by atoms with Crippen LogP contribution in [0.25, 0.3) is 0 Å². The molecule has 1 aliphatic rings. The van der Waals surface area contributed by atoms with Gasteiger partial charge in [-0.25, -0.2) is 0 Å². The van der Waals surface area contributed by atoms with Crippen molar-refractivity contribution < 1.29 is 9.59 Å². The highest BCUT2D eigenvalue weighted by Gasteiger charge is 2.26. The van der Waals surface area contributed by atoms with E-state index >= 15 is 0 Å². The van der Waals surface area contributed by atoms with E-state index in [-0.39, 0.29) is 11.8 Å². The van der Waals surface area contributed by atoms with Crippen molar-refractivity contribution in [1.29, 1.82) is 0 Å². The van der Waals surface area contributed by atoms with Crippen LogP contribution in [0, 0.1) is 13.8 Å². The van der Waals surface area contributed by atoms with Gasteiger partial charge in [-0.2, -0.15) is 5.10 Å². The number of aryl methyl sites for hydroxylation is 1. The predicted octanol–water partition coefficient (Wildman–Crippen LogP) is 2.60. The molecule has 7 heteroatoms. The van der Waals surface area contributed by atoms with Gasteiger partial charge in [0, 0.05) is 17.3 Å². The fraction of sp³-hybridized carbons (Fsp3) is 0.421. The lowest BCUT2D eigenvalue weighted by molar-refractivity contribution is -0.122. The summed E-state index contributed by atoms with van der Waals surface area (Å²) < 4.78 is 1.78. The number of benzene rings is 1. The largest absolute Gasteiger partial charge is 0.354 e. The molecule has 0 bridgehead atoms. The lowest BCUT2D eigenvalue weighted by atomic mass is 10.1. The molecule has 1 atom stereocenters. The fourth-order valence-corrected chi connectivity index (χ4v) is 3.47. The van der Waals surface area contributed by atoms with Crippen molar-refractivity contribution in [3.05, 3.63) is 51.8 Å². The summed E-state index contributed by atoms with van der Waals surface area (Å²) in [4.78, 5) is 24.8. The molecule has 2 heterocycles. The van der Waals surface area contributed by atoms with Gasteiger partial charge >= 0.3 is 0 Å². The number of aromatic nitrogens is 2. The number of amides is 2. The molecule has 0 spiro atoms. The maximum Gasteiger partial charge on any atom is 0.255 e. The Morgan fingerprint density at radius 1 is 1.35 bits per heavy atom. The van der Waals surface area contributed by atoms with Gasteiger partial charge in [0.1, 0.15) is 6.04 Å². The van der Waals surface area contributed by atoms with E-state index in [1.54, 1.807) is 11.6 Å². The predicted molar refractivity (Wildman–Crippen MR) is 100 cm³/mol. The molecular weight excluding hydrogens is 352 g/mol. The van der Waals surface area contributed by atoms with Crippen molar-refractivity contribution in [2.45, 2.75) is 45.7 Å². The molecule has 0 aliphatic carbocycles. The third-order valence-electron chi connectivity index (χ3n) is 4.73. The summed E-state index contributed by atoms with van der Waals surface area (Å²) in [5, 5.41) is 10.9. The molecule has 2 aromatic rings. The van der Waals surface area contributed by atoms with E-state index in [4.69, 9.17) is 11.6 Å². The maximum absolute atomic E-state index is 12.8. The smallest absolute Gasteiger partial charge is 0.255 e. The summed E-state index contributed by atoms with van der Waals surface area (Å²) in [6.45, 7) is 4.82. The second-order valence-electron chi connectivity index (χ2n) is 6.61. The van der Waals surface area contributed by atoms with E-state index < -0.39 is 6.04 Å². The van der Waals surface area contributed by atoms with Gasteiger partial charge in [-0.1, -0.05) is 29.8 Å². The third-order valence-corrected chi connectivity index (χ3v) is 5.10. The summed E-state index contributed by atoms with van der Waals surface area (Å²) >= 11 is 6.23. The van der Waals surface area contributed by atoms with Crippen molar-refractivity contribution in [3.8, 4) is 0 Å². The van der Waals surface area contributed by atoms with Gasteiger partial charge in [0.15, 0.2) is 0 Å². The van der Waals surface area contributed by atoms with Gasteiger partial charge in [0.2, 0.25) is 5.91 Å². The average molecular weight is 375 g/mol. The van der Waals surface area contributed by atoms with E-state index in [1.807, 2.05) is 31.2 Å². The zero-order valence-electron chi connectivity index (χ0n) is 15.0. The number of carbonyl (C=O) groups is 2. The lowest BCUT2D eigenvalue weighted by Crippen LogP contribution is -2.45. The Balaban J connectivity index is 1.80. The zero-order valence-corrected chi connectivity index (χ0v) is 15.8. The minimum atomic E-state index is -0.490. The maximum atomic E-state index is 12.8. The molecule has 1 aromatic heterocycles. The fourth-order valence-electron chi connectivity index (χ4n) is 3.27. The van der Waals surface area contributed by atoms with Crippen LogP contribution in [0.15, 0.2) is 24.3 Å². The molecule has 2 N–H and O–H groups in total. The molecule has 1 aliphatic heterocycles. The van der Waals surface area contributed by atoms with E-state index in [9.17, 15) is 9.59 Å². The standard InChI is InChI=1S/C19H23ClN4O2/c1-12-17(19(26)22-16-9-5-6-10-21-18(16)25)13(2)24(23-12)11-14-7-3-4-8-15(14)20/h3-4,7-8,16H,5-6,9-11H2,1-2H3,(H,21,25)(H,22,26)/t16-/m1/s1. The van der Waals surface area contributed by atoms with Gasteiger partial charge in [0.25, 0.3) is 5.91 Å². The van der Waals surface area contributed by atoms with Crippen LogP contribution in [0.2, 0.25) is 5.02 Å². The van der Waals surface area contributed by atoms with Crippen molar-refractivity contribution in [1.82, 2.24) is 20.4 Å². The molecule has 6 nitrogen and oxygen atoms in total. The van der Waals surface area contributed by atoms with Crippen LogP contribution < -0.4 is 10.6 Å². The molecule has 0 unspecified atom stereocenters. The molecular formula is C19H23ClN4O2. The Bertz CT molecular complexity index is 831. The van der Waals surface area contributed by atoms with Gasteiger partial charge < -0.3 is 10.6 Å². The number of nitrogens with one attached hydrogen (secondary N) is 2. The molecule has 1 fully saturated rings. The van der Waals surface area contributed by atoms with Gasteiger partial charge in [-0.05, 0) is 44.7 Å². The monoisotopic (exact) mass is 374 g/mol. The minimum Gasteiger partial charge on any atom is -0.354 e. The SMILES string of the molecule is Cc1nn(Cc2ccccc2Cl)c(C)c1C(=O)N[C@@H]1CCCCNC1=O. The normalized spacial score (nSPS) is 17.5. The number of halogens is 1. The van der Waals surface area contributed by atoms with Gasteiger partial charge in [-0.3, -0.25) is 14.3 Å². The summed E-state index contributed by atoms with van der Waals surface area (Å²) in [5.74, 6) is -0.373. The van der Waals surface area contributed by atoms with Crippen LogP contribution >= 0.6 is 11.6 Å². The number of hydrogen-bond acceptors (Lipinski definition) is 3. The number of hydrogen-bond donors (Lipinski definition) is 2. The Hall–Kier alpha value is -2.34. The highest BCUT2D eigenvalue weighted by atomic mass is 35.5. The van der Waals surface area contributed by atoms with Crippen molar-refractivity contribution >= 4 is 23.4 Å². The lowest BCUT2D eigenvalue weighted by Gasteiger charge is -2.15. The Kier molecular flexibility index (Phi) is 5.61. The van der Waals surface area contributed by atoms with Crippen LogP contribution in [0.1, 0.15) is 46.6 Å². The molecule has 3 rings (SSSR count). The highest BCUT2D eigenvalue weighted by molar-refractivity contribution is 6.31. The van der Waals surface area contributed by atoms with Crippen LogP contribution in [0.5, 0.6) is 0 Å². The molecule has 2 amide bonds. The molecule has 0 saturated carbocycles. The van der Waals surface area contributed by atoms with E-state index in [2.05, 4.69) is 15.7 Å². The molecule has 26 heavy (non-hydrogen) atoms. The van der Waals surface area contributed by atoms with Crippen LogP contribution in [0.4, 0.5) is 0 Å². The van der Waals surface area contributed by atoms with Crippen molar-refractivity contribution in [2.24, 2.45) is 0 Å². The van der Waals surface area contributed by atoms with E-state index in [0.717, 1.165) is 24.1 Å². The average Bonchev–Trinajstić information content (AvgIpc) is 2.75. The van der Waals surface area contributed by atoms with Gasteiger partial charge in [-0.15, -0.1) is 0 Å². The topological polar surface area (TPSA) is 76.0 Å². The number of rotatable bonds is 4. The number of nitrogens with zero attached hydrogens (tertiary/aromatic N) is 2. The minimum absolute atomic E-state index is 0.116. The summed E-state index contributed by atoms with van der Waals surface area (Å²) in [5.41, 5.74) is 2.86. The molecule has 138 valence electrons. The summed E-state index contributed by atoms with van der Waals surface area (Å²) in [6, 6.07) is 7.08. The first-order valence-electron chi connectivity index (χ1n) is 8.83. The van der Waals surface area contributed by atoms with Crippen LogP contribution in [0.3, 0.4) is 0 Å². The third kappa shape index (κ3) is 3.90. The first kappa shape index (κ1) is 18.5. The molecule has 1 saturated heterocycles. The summed E-state index contributed by atoms with van der Waals surface area (Å²) in [6.07, 6.45) is 2.50. The molecule has 0 radical (unpaired) electrons. The summed E-state index contributed by atoms with van der Waals surface area (Å²) in [7, 11) is 0. The van der Waals surface area contributed by atoms with Crippen molar-refractivity contribution in [2.75, 3.05) is 6.54 Å². The second-order valence-corrected chi connectivity index (χ2v) is 7.01. The van der Waals surface area contributed by atoms with E-state index in [0.29, 0.717) is 35.8 Å². The second kappa shape index (κ2) is 7.91. The first-order chi connectivity index (χ1) is 12.5. The van der Waals surface area contributed by atoms with Crippen molar-refractivity contribution in [3.63, 3.8) is 0 Å². The van der Waals surface area contributed by atoms with Gasteiger partial charge in [0.05, 0.1) is 17.8 Å². The Labute approximate surface area is 157 Å². The van der Waals surface area contributed by atoms with E-state index in [1.165, 1.54) is 0 Å². The first-order valence-corrected chi connectivity index (χ1v) is 9.21.